The molecule has 9 nitrogen and oxygen atoms in total. The van der Waals surface area contributed by atoms with E-state index >= 15 is 0 Å². The number of nitrogens with one attached hydrogen (secondary N) is 1. The zero-order chi connectivity index (χ0) is 16.1. The quantitative estimate of drug-likeness (QED) is 0.798. The van der Waals surface area contributed by atoms with Crippen molar-refractivity contribution in [3.05, 3.63) is 6.20 Å². The van der Waals surface area contributed by atoms with E-state index in [2.05, 4.69) is 15.6 Å². The number of carbonyl (C=O) groups excluding carboxylic acids is 2. The fourth-order valence-electron chi connectivity index (χ4n) is 2.40. The molecule has 1 atom stereocenters. The molecule has 0 aromatic carbocycles. The Kier molecular flexibility index (Phi) is 5.31. The predicted octanol–water partition coefficient (Wildman–Crippen LogP) is -0.255. The third kappa shape index (κ3) is 3.94. The molecule has 1 aliphatic rings. The van der Waals surface area contributed by atoms with E-state index in [4.69, 9.17) is 0 Å². The Morgan fingerprint density at radius 1 is 1.45 bits per heavy atom. The summed E-state index contributed by atoms with van der Waals surface area (Å²) in [6.45, 7) is 0.678. The van der Waals surface area contributed by atoms with Crippen LogP contribution in [-0.4, -0.2) is 75.1 Å². The Labute approximate surface area is 128 Å². The molecule has 2 heterocycles. The van der Waals surface area contributed by atoms with Crippen molar-refractivity contribution in [1.29, 1.82) is 0 Å². The highest BCUT2D eigenvalue weighted by Gasteiger charge is 2.26. The molecule has 122 valence electrons. The number of likely N-dealkylation sites (tertiary alicyclic amines) is 1. The highest BCUT2D eigenvalue weighted by atomic mass is 16.3. The van der Waals surface area contributed by atoms with Gasteiger partial charge >= 0.3 is 6.03 Å². The number of urea groups is 1. The second-order valence-corrected chi connectivity index (χ2v) is 5.55. The minimum atomic E-state index is -0.310. The Hall–Kier alpha value is -2.16. The summed E-state index contributed by atoms with van der Waals surface area (Å²) >= 11 is 0. The van der Waals surface area contributed by atoms with Crippen molar-refractivity contribution < 1.29 is 14.7 Å². The van der Waals surface area contributed by atoms with Crippen LogP contribution in [0.1, 0.15) is 19.3 Å². The molecule has 0 saturated carbocycles. The fraction of sp³-hybridized carbons (Fsp3) is 0.692. The number of anilines is 1. The zero-order valence-corrected chi connectivity index (χ0v) is 12.9. The van der Waals surface area contributed by atoms with Gasteiger partial charge in [-0.3, -0.25) is 10.1 Å². The first-order valence-electron chi connectivity index (χ1n) is 7.30. The van der Waals surface area contributed by atoms with Gasteiger partial charge in [0.1, 0.15) is 6.54 Å². The van der Waals surface area contributed by atoms with E-state index in [9.17, 15) is 14.7 Å². The number of piperidine rings is 1. The van der Waals surface area contributed by atoms with Gasteiger partial charge in [-0.15, -0.1) is 5.10 Å². The van der Waals surface area contributed by atoms with Gasteiger partial charge in [0.15, 0.2) is 5.82 Å². The van der Waals surface area contributed by atoms with Gasteiger partial charge in [0.2, 0.25) is 5.91 Å². The second kappa shape index (κ2) is 7.21. The molecule has 1 aliphatic heterocycles. The zero-order valence-electron chi connectivity index (χ0n) is 12.9. The molecule has 22 heavy (non-hydrogen) atoms. The SMILES string of the molecule is CN(C)C(=O)Nc1cn(CC(=O)N2CCCCC2CO)nn1. The summed E-state index contributed by atoms with van der Waals surface area (Å²) in [6.07, 6.45) is 4.31. The van der Waals surface area contributed by atoms with Crippen LogP contribution in [0.3, 0.4) is 0 Å². The van der Waals surface area contributed by atoms with Gasteiger partial charge in [-0.1, -0.05) is 5.21 Å². The maximum absolute atomic E-state index is 12.3. The van der Waals surface area contributed by atoms with Crippen molar-refractivity contribution in [2.75, 3.05) is 32.6 Å². The van der Waals surface area contributed by atoms with Crippen molar-refractivity contribution in [2.24, 2.45) is 0 Å². The summed E-state index contributed by atoms with van der Waals surface area (Å²) in [7, 11) is 3.24. The maximum atomic E-state index is 12.3. The third-order valence-corrected chi connectivity index (χ3v) is 3.64. The lowest BCUT2D eigenvalue weighted by Crippen LogP contribution is -2.47. The summed E-state index contributed by atoms with van der Waals surface area (Å²) in [5.41, 5.74) is 0. The van der Waals surface area contributed by atoms with Gasteiger partial charge in [0, 0.05) is 20.6 Å². The number of hydrogen-bond acceptors (Lipinski definition) is 5. The molecule has 1 fully saturated rings. The molecule has 0 spiro atoms. The third-order valence-electron chi connectivity index (χ3n) is 3.64. The highest BCUT2D eigenvalue weighted by Crippen LogP contribution is 2.17. The fourth-order valence-corrected chi connectivity index (χ4v) is 2.40. The Morgan fingerprint density at radius 2 is 2.23 bits per heavy atom. The van der Waals surface area contributed by atoms with Crippen molar-refractivity contribution in [3.63, 3.8) is 0 Å². The predicted molar refractivity (Wildman–Crippen MR) is 79.2 cm³/mol. The van der Waals surface area contributed by atoms with Crippen LogP contribution < -0.4 is 5.32 Å². The monoisotopic (exact) mass is 310 g/mol. The molecule has 0 radical (unpaired) electrons. The molecule has 0 bridgehead atoms. The van der Waals surface area contributed by atoms with E-state index in [1.807, 2.05) is 0 Å². The van der Waals surface area contributed by atoms with E-state index in [0.29, 0.717) is 12.4 Å². The maximum Gasteiger partial charge on any atom is 0.322 e. The lowest BCUT2D eigenvalue weighted by Gasteiger charge is -2.34. The molecule has 1 aromatic rings. The number of rotatable bonds is 4. The van der Waals surface area contributed by atoms with Gasteiger partial charge in [0.05, 0.1) is 18.8 Å². The van der Waals surface area contributed by atoms with E-state index in [1.165, 1.54) is 15.8 Å². The molecular formula is C13H22N6O3. The van der Waals surface area contributed by atoms with Crippen LogP contribution in [0.25, 0.3) is 0 Å². The lowest BCUT2D eigenvalue weighted by molar-refractivity contribution is -0.136. The van der Waals surface area contributed by atoms with E-state index < -0.39 is 0 Å². The van der Waals surface area contributed by atoms with Gasteiger partial charge in [0.25, 0.3) is 0 Å². The van der Waals surface area contributed by atoms with Crippen LogP contribution in [-0.2, 0) is 11.3 Å². The summed E-state index contributed by atoms with van der Waals surface area (Å²) < 4.78 is 1.39. The van der Waals surface area contributed by atoms with Gasteiger partial charge in [-0.05, 0) is 19.3 Å². The number of aromatic nitrogens is 3. The van der Waals surface area contributed by atoms with E-state index in [-0.39, 0.29) is 31.1 Å². The topological polar surface area (TPSA) is 104 Å². The van der Waals surface area contributed by atoms with Crippen molar-refractivity contribution in [2.45, 2.75) is 31.8 Å². The van der Waals surface area contributed by atoms with Gasteiger partial charge in [-0.25, -0.2) is 9.48 Å². The summed E-state index contributed by atoms with van der Waals surface area (Å²) in [5, 5.41) is 19.6. The summed E-state index contributed by atoms with van der Waals surface area (Å²) in [6, 6.07) is -0.424. The molecule has 0 aliphatic carbocycles. The first-order chi connectivity index (χ1) is 10.5. The number of hydrogen-bond donors (Lipinski definition) is 2. The average Bonchev–Trinajstić information content (AvgIpc) is 2.94. The number of carbonyl (C=O) groups is 2. The Balaban J connectivity index is 1.94. The minimum Gasteiger partial charge on any atom is -0.394 e. The smallest absolute Gasteiger partial charge is 0.322 e. The summed E-state index contributed by atoms with van der Waals surface area (Å²) in [4.78, 5) is 26.9. The molecule has 2 rings (SSSR count). The first-order valence-corrected chi connectivity index (χ1v) is 7.30. The van der Waals surface area contributed by atoms with Crippen LogP contribution in [0.2, 0.25) is 0 Å². The number of amides is 3. The molecule has 9 heteroatoms. The molecule has 2 N–H and O–H groups in total. The summed E-state index contributed by atoms with van der Waals surface area (Å²) in [5.74, 6) is 0.193. The van der Waals surface area contributed by atoms with Crippen molar-refractivity contribution >= 4 is 17.8 Å². The molecular weight excluding hydrogens is 288 g/mol. The van der Waals surface area contributed by atoms with Gasteiger partial charge < -0.3 is 14.9 Å². The van der Waals surface area contributed by atoms with Crippen LogP contribution in [0.4, 0.5) is 10.6 Å². The average molecular weight is 310 g/mol. The number of aliphatic hydroxyl groups excluding tert-OH is 1. The number of nitrogens with zero attached hydrogens (tertiary/aromatic N) is 5. The normalized spacial score (nSPS) is 18.1. The van der Waals surface area contributed by atoms with E-state index in [1.54, 1.807) is 19.0 Å². The number of aliphatic hydroxyl groups is 1. The molecule has 1 aromatic heterocycles. The van der Waals surface area contributed by atoms with Crippen LogP contribution in [0.5, 0.6) is 0 Å². The Morgan fingerprint density at radius 3 is 2.91 bits per heavy atom. The molecule has 1 unspecified atom stereocenters. The standard InChI is InChI=1S/C13H22N6O3/c1-17(2)13(22)14-11-7-18(16-15-11)8-12(21)19-6-4-3-5-10(19)9-20/h7,10,20H,3-6,8-9H2,1-2H3,(H,14,22). The van der Waals surface area contributed by atoms with Crippen LogP contribution in [0.15, 0.2) is 6.20 Å². The van der Waals surface area contributed by atoms with Crippen molar-refractivity contribution in [1.82, 2.24) is 24.8 Å². The highest BCUT2D eigenvalue weighted by molar-refractivity contribution is 5.87. The van der Waals surface area contributed by atoms with Crippen LogP contribution in [0, 0.1) is 0 Å². The van der Waals surface area contributed by atoms with Crippen molar-refractivity contribution in [3.8, 4) is 0 Å². The molecule has 3 amide bonds. The largest absolute Gasteiger partial charge is 0.394 e. The minimum absolute atomic E-state index is 0.0206. The lowest BCUT2D eigenvalue weighted by atomic mass is 10.0. The van der Waals surface area contributed by atoms with E-state index in [0.717, 1.165) is 19.3 Å². The molecule has 1 saturated heterocycles. The first kappa shape index (κ1) is 16.2. The Bertz CT molecular complexity index is 530. The second-order valence-electron chi connectivity index (χ2n) is 5.55. The van der Waals surface area contributed by atoms with Crippen LogP contribution >= 0.6 is 0 Å². The van der Waals surface area contributed by atoms with Gasteiger partial charge in [-0.2, -0.15) is 0 Å².